The summed E-state index contributed by atoms with van der Waals surface area (Å²) in [6.07, 6.45) is -1.97. The van der Waals surface area contributed by atoms with Crippen LogP contribution in [0.5, 0.6) is 0 Å². The first-order valence-corrected chi connectivity index (χ1v) is 4.45. The number of hydrogen-bond acceptors (Lipinski definition) is 3. The van der Waals surface area contributed by atoms with E-state index in [1.165, 1.54) is 0 Å². The number of hydrogen-bond donors (Lipinski definition) is 0. The van der Waals surface area contributed by atoms with Crippen LogP contribution in [0, 0.1) is 5.89 Å². The minimum absolute atomic E-state index is 1.95. The minimum Gasteiger partial charge on any atom is -0.434 e. The number of alkyl halides is 4. The second-order valence-electron chi connectivity index (χ2n) is 1.80. The van der Waals surface area contributed by atoms with Crippen molar-refractivity contribution in [2.45, 2.75) is 23.1 Å². The molecule has 1 unspecified atom stereocenters. The Balaban J connectivity index is 5.50. The van der Waals surface area contributed by atoms with Crippen molar-refractivity contribution in [3.05, 3.63) is 0 Å². The van der Waals surface area contributed by atoms with Gasteiger partial charge in [0.05, 0.1) is 9.30 Å². The molecule has 1 atom stereocenters. The maximum Gasteiger partial charge on any atom is 0.509 e. The van der Waals surface area contributed by atoms with E-state index in [4.69, 9.17) is 58.7 Å². The second-order valence-corrected chi connectivity index (χ2v) is 4.57. The van der Waals surface area contributed by atoms with E-state index in [2.05, 4.69) is 9.47 Å². The van der Waals surface area contributed by atoms with Crippen molar-refractivity contribution >= 4 is 52.6 Å². The molecule has 0 bridgehead atoms. The number of rotatable bonds is 3. The van der Waals surface area contributed by atoms with Gasteiger partial charge in [0.1, 0.15) is 0 Å². The molecular formula is C7H10Cl4O3. The number of carbonyl (C=O) groups excluding carboxylic acids is 1. The minimum atomic E-state index is -3.81. The van der Waals surface area contributed by atoms with Gasteiger partial charge in [-0.2, -0.15) is 0 Å². The average Bonchev–Trinajstić information content (AvgIpc) is 2.21. The van der Waals surface area contributed by atoms with Gasteiger partial charge in [-0.1, -0.05) is 60.1 Å². The Morgan fingerprint density at radius 2 is 2.21 bits per heavy atom. The van der Waals surface area contributed by atoms with Gasteiger partial charge < -0.3 is 9.47 Å². The van der Waals surface area contributed by atoms with Gasteiger partial charge in [0.2, 0.25) is 9.36 Å². The summed E-state index contributed by atoms with van der Waals surface area (Å²) in [6, 6.07) is 0. The standard InChI is InChI=1S/C7H10Cl4O3/c1-4(2)3-13-6(12)14-5(8)7(9,10)11/h4-5H,3H2,1-2H3/i1D3,2D3,3D2,4D. The lowest BCUT2D eigenvalue weighted by Gasteiger charge is -2.18. The van der Waals surface area contributed by atoms with Crippen molar-refractivity contribution in [3.63, 3.8) is 0 Å². The summed E-state index contributed by atoms with van der Waals surface area (Å²) >= 11 is 21.2. The summed E-state index contributed by atoms with van der Waals surface area (Å²) in [6.45, 7) is -11.2. The monoisotopic (exact) mass is 291 g/mol. The molecule has 0 aliphatic rings. The van der Waals surface area contributed by atoms with Crippen LogP contribution in [0.1, 0.15) is 26.0 Å². The topological polar surface area (TPSA) is 35.5 Å². The fourth-order valence-electron chi connectivity index (χ4n) is 0.268. The van der Waals surface area contributed by atoms with Gasteiger partial charge in [0, 0.05) is 9.60 Å². The van der Waals surface area contributed by atoms with Crippen molar-refractivity contribution in [2.24, 2.45) is 5.89 Å². The molecule has 0 aromatic rings. The highest BCUT2D eigenvalue weighted by molar-refractivity contribution is 6.70. The van der Waals surface area contributed by atoms with Crippen LogP contribution in [0.15, 0.2) is 0 Å². The molecule has 0 radical (unpaired) electrons. The first-order chi connectivity index (χ1) is 9.77. The summed E-state index contributed by atoms with van der Waals surface area (Å²) in [5, 5.41) is 0. The van der Waals surface area contributed by atoms with Gasteiger partial charge in [-0.05, 0) is 5.89 Å². The zero-order valence-corrected chi connectivity index (χ0v) is 9.34. The van der Waals surface area contributed by atoms with Crippen LogP contribution in [0.25, 0.3) is 0 Å². The highest BCUT2D eigenvalue weighted by Gasteiger charge is 2.34. The molecule has 0 aliphatic carbocycles. The maximum absolute atomic E-state index is 11.4. The van der Waals surface area contributed by atoms with Gasteiger partial charge in [0.25, 0.3) is 0 Å². The van der Waals surface area contributed by atoms with E-state index in [1.807, 2.05) is 0 Å². The van der Waals surface area contributed by atoms with E-state index in [1.54, 1.807) is 0 Å². The summed E-state index contributed by atoms with van der Waals surface area (Å²) in [4.78, 5) is 11.4. The largest absolute Gasteiger partial charge is 0.509 e. The third kappa shape index (κ3) is 6.82. The lowest BCUT2D eigenvalue weighted by Crippen LogP contribution is -2.26. The van der Waals surface area contributed by atoms with Crippen LogP contribution in [0.3, 0.4) is 0 Å². The van der Waals surface area contributed by atoms with Crippen molar-refractivity contribution in [2.75, 3.05) is 6.56 Å². The lowest BCUT2D eigenvalue weighted by molar-refractivity contribution is 0.0394. The van der Waals surface area contributed by atoms with E-state index < -0.39 is 41.7 Å². The Morgan fingerprint density at radius 1 is 1.64 bits per heavy atom. The van der Waals surface area contributed by atoms with E-state index in [9.17, 15) is 4.79 Å². The molecular weight excluding hydrogens is 274 g/mol. The summed E-state index contributed by atoms with van der Waals surface area (Å²) < 4.78 is 70.9. The number of ether oxygens (including phenoxy) is 2. The molecule has 0 heterocycles. The SMILES string of the molecule is [2H]C([2H])([2H])C([2H])(C([2H])([2H])[2H])C([2H])([2H])OC(=O)OC(Cl)C(Cl)(Cl)Cl. The summed E-state index contributed by atoms with van der Waals surface area (Å²) in [5.74, 6) is -3.81. The van der Waals surface area contributed by atoms with E-state index in [-0.39, 0.29) is 0 Å². The predicted octanol–water partition coefficient (Wildman–Crippen LogP) is 3.73. The Hall–Kier alpha value is 0.430. The fraction of sp³-hybridized carbons (Fsp3) is 0.857. The Morgan fingerprint density at radius 3 is 2.64 bits per heavy atom. The molecule has 0 saturated carbocycles. The smallest absolute Gasteiger partial charge is 0.434 e. The molecule has 84 valence electrons. The van der Waals surface area contributed by atoms with Crippen LogP contribution in [0.2, 0.25) is 0 Å². The van der Waals surface area contributed by atoms with E-state index in [0.29, 0.717) is 0 Å². The molecule has 14 heavy (non-hydrogen) atoms. The van der Waals surface area contributed by atoms with Crippen LogP contribution in [0.4, 0.5) is 4.79 Å². The zero-order valence-electron chi connectivity index (χ0n) is 15.3. The molecule has 0 fully saturated rings. The third-order valence-corrected chi connectivity index (χ3v) is 2.04. The van der Waals surface area contributed by atoms with Gasteiger partial charge in [-0.25, -0.2) is 4.79 Å². The van der Waals surface area contributed by atoms with Crippen molar-refractivity contribution in [3.8, 4) is 0 Å². The molecule has 0 N–H and O–H groups in total. The van der Waals surface area contributed by atoms with Crippen LogP contribution in [-0.4, -0.2) is 22.1 Å². The highest BCUT2D eigenvalue weighted by Crippen LogP contribution is 2.34. The van der Waals surface area contributed by atoms with Crippen LogP contribution in [-0.2, 0) is 9.47 Å². The van der Waals surface area contributed by atoms with Crippen molar-refractivity contribution < 1.29 is 26.6 Å². The van der Waals surface area contributed by atoms with Gasteiger partial charge >= 0.3 is 6.16 Å². The van der Waals surface area contributed by atoms with Gasteiger partial charge in [0.15, 0.2) is 0 Å². The molecule has 3 nitrogen and oxygen atoms in total. The second kappa shape index (κ2) is 6.11. The van der Waals surface area contributed by atoms with Crippen LogP contribution >= 0.6 is 46.4 Å². The van der Waals surface area contributed by atoms with Crippen LogP contribution < -0.4 is 0 Å². The molecule has 0 aromatic carbocycles. The average molecular weight is 293 g/mol. The number of halogens is 4. The van der Waals surface area contributed by atoms with Gasteiger partial charge in [-0.15, -0.1) is 0 Å². The normalized spacial score (nSPS) is 27.0. The summed E-state index contributed by atoms with van der Waals surface area (Å²) in [7, 11) is 0. The van der Waals surface area contributed by atoms with E-state index >= 15 is 0 Å². The van der Waals surface area contributed by atoms with Crippen molar-refractivity contribution in [1.82, 2.24) is 0 Å². The first-order valence-electron chi connectivity index (χ1n) is 7.38. The molecule has 0 spiro atoms. The Labute approximate surface area is 115 Å². The maximum atomic E-state index is 11.4. The van der Waals surface area contributed by atoms with Crippen molar-refractivity contribution in [1.29, 1.82) is 0 Å². The Bertz CT molecular complexity index is 430. The predicted molar refractivity (Wildman–Crippen MR) is 57.2 cm³/mol. The highest BCUT2D eigenvalue weighted by atomic mass is 35.6. The Kier molecular flexibility index (Phi) is 2.26. The fourth-order valence-corrected chi connectivity index (χ4v) is 0.474. The first kappa shape index (κ1) is 5.17. The molecule has 0 amide bonds. The van der Waals surface area contributed by atoms with Gasteiger partial charge in [-0.3, -0.25) is 0 Å². The quantitative estimate of drug-likeness (QED) is 0.587. The molecule has 0 aromatic heterocycles. The lowest BCUT2D eigenvalue weighted by atomic mass is 10.2. The third-order valence-electron chi connectivity index (χ3n) is 0.693. The van der Waals surface area contributed by atoms with E-state index in [0.717, 1.165) is 0 Å². The summed E-state index contributed by atoms with van der Waals surface area (Å²) in [5.41, 5.74) is -1.95. The molecule has 0 saturated heterocycles. The molecule has 7 heteroatoms. The number of carbonyl (C=O) groups is 1. The molecule has 0 aliphatic heterocycles. The molecule has 0 rings (SSSR count). The zero-order chi connectivity index (χ0) is 19.1.